The largest absolute Gasteiger partial charge is 0.497 e. The number of aromatic amines is 1. The molecule has 0 saturated carbocycles. The summed E-state index contributed by atoms with van der Waals surface area (Å²) < 4.78 is 8.17. The van der Waals surface area contributed by atoms with E-state index in [1.807, 2.05) is 18.2 Å². The van der Waals surface area contributed by atoms with Crippen molar-refractivity contribution in [3.63, 3.8) is 0 Å². The van der Waals surface area contributed by atoms with Crippen molar-refractivity contribution in [1.29, 1.82) is 0 Å². The zero-order valence-electron chi connectivity index (χ0n) is 18.0. The zero-order chi connectivity index (χ0) is 22.1. The number of nitrogens with zero attached hydrogens (tertiary/aromatic N) is 3. The number of unbranched alkanes of at least 4 members (excludes halogenated alkanes) is 1. The van der Waals surface area contributed by atoms with Crippen molar-refractivity contribution in [3.05, 3.63) is 69.0 Å². The SMILES string of the molecule is COc1cccc([C@@H]2CCN(CCCCn3c(=O)[nH]c4c(sc5cccnc54)c3=O)C2)c1. The highest BCUT2D eigenvalue weighted by Crippen LogP contribution is 2.30. The van der Waals surface area contributed by atoms with Crippen LogP contribution in [0.2, 0.25) is 0 Å². The van der Waals surface area contributed by atoms with Gasteiger partial charge in [-0.1, -0.05) is 12.1 Å². The number of thiophene rings is 1. The van der Waals surface area contributed by atoms with Gasteiger partial charge in [0.2, 0.25) is 0 Å². The van der Waals surface area contributed by atoms with Gasteiger partial charge in [0.05, 0.1) is 17.3 Å². The lowest BCUT2D eigenvalue weighted by Gasteiger charge is -2.16. The van der Waals surface area contributed by atoms with Crippen molar-refractivity contribution in [2.24, 2.45) is 0 Å². The summed E-state index contributed by atoms with van der Waals surface area (Å²) in [7, 11) is 1.70. The molecule has 8 heteroatoms. The normalized spacial score (nSPS) is 16.8. The molecule has 0 radical (unpaired) electrons. The number of nitrogens with one attached hydrogen (secondary N) is 1. The smallest absolute Gasteiger partial charge is 0.328 e. The van der Waals surface area contributed by atoms with Crippen LogP contribution in [0.5, 0.6) is 5.75 Å². The minimum atomic E-state index is -0.355. The van der Waals surface area contributed by atoms with Crippen molar-refractivity contribution in [2.45, 2.75) is 31.7 Å². The summed E-state index contributed by atoms with van der Waals surface area (Å²) in [5.41, 5.74) is 2.00. The molecule has 1 N–H and O–H groups in total. The molecule has 0 spiro atoms. The van der Waals surface area contributed by atoms with E-state index in [4.69, 9.17) is 4.74 Å². The van der Waals surface area contributed by atoms with Gasteiger partial charge in [0.25, 0.3) is 5.56 Å². The monoisotopic (exact) mass is 450 g/mol. The quantitative estimate of drug-likeness (QED) is 0.436. The van der Waals surface area contributed by atoms with Crippen LogP contribution in [0.15, 0.2) is 52.2 Å². The van der Waals surface area contributed by atoms with Crippen molar-refractivity contribution in [3.8, 4) is 5.75 Å². The van der Waals surface area contributed by atoms with Gasteiger partial charge in [0, 0.05) is 19.3 Å². The molecule has 1 aliphatic rings. The summed E-state index contributed by atoms with van der Waals surface area (Å²) in [6, 6.07) is 12.1. The van der Waals surface area contributed by atoms with Gasteiger partial charge in [-0.15, -0.1) is 11.3 Å². The van der Waals surface area contributed by atoms with E-state index >= 15 is 0 Å². The first-order chi connectivity index (χ1) is 15.6. The topological polar surface area (TPSA) is 80.2 Å². The third-order valence-electron chi connectivity index (χ3n) is 6.31. The van der Waals surface area contributed by atoms with Crippen LogP contribution in [0.25, 0.3) is 20.4 Å². The maximum Gasteiger partial charge on any atom is 0.328 e. The highest BCUT2D eigenvalue weighted by Gasteiger charge is 2.23. The average molecular weight is 451 g/mol. The maximum absolute atomic E-state index is 12.9. The number of benzene rings is 1. The first kappa shape index (κ1) is 20.9. The Balaban J connectivity index is 1.20. The lowest BCUT2D eigenvalue weighted by atomic mass is 9.98. The van der Waals surface area contributed by atoms with Gasteiger partial charge >= 0.3 is 5.69 Å². The fraction of sp³-hybridized carbons (Fsp3) is 0.375. The maximum atomic E-state index is 12.9. The molecule has 1 atom stereocenters. The van der Waals surface area contributed by atoms with Crippen LogP contribution >= 0.6 is 11.3 Å². The summed E-state index contributed by atoms with van der Waals surface area (Å²) in [6.07, 6.45) is 4.55. The molecular formula is C24H26N4O3S. The molecule has 1 aliphatic heterocycles. The van der Waals surface area contributed by atoms with Crippen LogP contribution in [-0.2, 0) is 6.54 Å². The summed E-state index contributed by atoms with van der Waals surface area (Å²) in [5.74, 6) is 1.43. The lowest BCUT2D eigenvalue weighted by molar-refractivity contribution is 0.321. The number of aromatic nitrogens is 3. The minimum absolute atomic E-state index is 0.217. The molecule has 0 aliphatic carbocycles. The second kappa shape index (κ2) is 8.88. The first-order valence-electron chi connectivity index (χ1n) is 11.0. The molecule has 7 nitrogen and oxygen atoms in total. The van der Waals surface area contributed by atoms with E-state index in [1.165, 1.54) is 21.5 Å². The van der Waals surface area contributed by atoms with Crippen molar-refractivity contribution in [2.75, 3.05) is 26.7 Å². The summed E-state index contributed by atoms with van der Waals surface area (Å²) in [6.45, 7) is 3.51. The van der Waals surface area contributed by atoms with Crippen LogP contribution in [-0.4, -0.2) is 46.2 Å². The number of rotatable bonds is 7. The molecule has 0 unspecified atom stereocenters. The van der Waals surface area contributed by atoms with Crippen molar-refractivity contribution in [1.82, 2.24) is 19.4 Å². The molecule has 4 aromatic rings. The minimum Gasteiger partial charge on any atom is -0.497 e. The number of methoxy groups -OCH3 is 1. The Labute approximate surface area is 189 Å². The van der Waals surface area contributed by atoms with E-state index in [-0.39, 0.29) is 11.2 Å². The summed E-state index contributed by atoms with van der Waals surface area (Å²) >= 11 is 1.39. The number of ether oxygens (including phenoxy) is 1. The van der Waals surface area contributed by atoms with Crippen LogP contribution in [0.3, 0.4) is 0 Å². The number of hydrogen-bond acceptors (Lipinski definition) is 6. The van der Waals surface area contributed by atoms with E-state index in [9.17, 15) is 9.59 Å². The molecule has 3 aromatic heterocycles. The van der Waals surface area contributed by atoms with Crippen LogP contribution in [0.1, 0.15) is 30.7 Å². The van der Waals surface area contributed by atoms with Crippen LogP contribution < -0.4 is 16.0 Å². The Morgan fingerprint density at radius 1 is 1.19 bits per heavy atom. The Hall–Kier alpha value is -2.97. The average Bonchev–Trinajstić information content (AvgIpc) is 3.44. The van der Waals surface area contributed by atoms with Gasteiger partial charge in [-0.3, -0.25) is 14.3 Å². The third kappa shape index (κ3) is 3.96. The number of H-pyrrole nitrogens is 1. The van der Waals surface area contributed by atoms with E-state index < -0.39 is 0 Å². The van der Waals surface area contributed by atoms with Crippen molar-refractivity contribution < 1.29 is 4.74 Å². The highest BCUT2D eigenvalue weighted by atomic mass is 32.1. The molecule has 1 saturated heterocycles. The lowest BCUT2D eigenvalue weighted by Crippen LogP contribution is -2.34. The molecule has 4 heterocycles. The number of likely N-dealkylation sites (tertiary alicyclic amines) is 1. The predicted octanol–water partition coefficient (Wildman–Crippen LogP) is 3.58. The first-order valence-corrected chi connectivity index (χ1v) is 11.8. The predicted molar refractivity (Wildman–Crippen MR) is 128 cm³/mol. The molecule has 1 aromatic carbocycles. The Morgan fingerprint density at radius 2 is 2.06 bits per heavy atom. The van der Waals surface area contributed by atoms with E-state index in [2.05, 4.69) is 33.1 Å². The van der Waals surface area contributed by atoms with Gasteiger partial charge in [-0.2, -0.15) is 0 Å². The van der Waals surface area contributed by atoms with Gasteiger partial charge in [0.15, 0.2) is 0 Å². The Bertz CT molecular complexity index is 1370. The number of hydrogen-bond donors (Lipinski definition) is 1. The Kier molecular flexibility index (Phi) is 5.80. The third-order valence-corrected chi connectivity index (χ3v) is 7.44. The van der Waals surface area contributed by atoms with E-state index in [0.29, 0.717) is 28.2 Å². The number of fused-ring (bicyclic) bond motifs is 3. The van der Waals surface area contributed by atoms with E-state index in [0.717, 1.165) is 49.3 Å². The molecule has 0 bridgehead atoms. The molecular weight excluding hydrogens is 424 g/mol. The molecule has 0 amide bonds. The van der Waals surface area contributed by atoms with Gasteiger partial charge < -0.3 is 14.6 Å². The summed E-state index contributed by atoms with van der Waals surface area (Å²) in [4.78, 5) is 35.1. The fourth-order valence-corrected chi connectivity index (χ4v) is 5.66. The fourth-order valence-electron chi connectivity index (χ4n) is 4.60. The number of pyridine rings is 1. The Morgan fingerprint density at radius 3 is 2.94 bits per heavy atom. The van der Waals surface area contributed by atoms with Crippen LogP contribution in [0, 0.1) is 0 Å². The summed E-state index contributed by atoms with van der Waals surface area (Å²) in [5, 5.41) is 0. The molecule has 5 rings (SSSR count). The van der Waals surface area contributed by atoms with Gasteiger partial charge in [0.1, 0.15) is 16.0 Å². The molecule has 1 fully saturated rings. The second-order valence-electron chi connectivity index (χ2n) is 8.31. The van der Waals surface area contributed by atoms with Gasteiger partial charge in [-0.05, 0) is 68.1 Å². The van der Waals surface area contributed by atoms with Crippen molar-refractivity contribution >= 4 is 31.8 Å². The van der Waals surface area contributed by atoms with Crippen LogP contribution in [0.4, 0.5) is 0 Å². The zero-order valence-corrected chi connectivity index (χ0v) is 18.9. The molecule has 166 valence electrons. The standard InChI is InChI=1S/C24H26N4O3S/c1-31-18-7-4-6-16(14-18)17-9-13-27(15-17)11-2-3-12-28-23(29)22-21(26-24(28)30)20-19(32-22)8-5-10-25-20/h4-8,10,14,17H,2-3,9,11-13,15H2,1H3,(H,26,30)/t17-/m1/s1. The second-order valence-corrected chi connectivity index (χ2v) is 9.37. The highest BCUT2D eigenvalue weighted by molar-refractivity contribution is 7.25. The van der Waals surface area contributed by atoms with Gasteiger partial charge in [-0.25, -0.2) is 4.79 Å². The van der Waals surface area contributed by atoms with E-state index in [1.54, 1.807) is 13.3 Å². The molecule has 32 heavy (non-hydrogen) atoms.